The largest absolute Gasteiger partial charge is 0.311 e. The normalized spacial score (nSPS) is 12.8. The third-order valence-electron chi connectivity index (χ3n) is 11.0. The fourth-order valence-corrected chi connectivity index (χ4v) is 7.67. The molecule has 6 aromatic carbocycles. The molecule has 0 bridgehead atoms. The molecule has 0 heterocycles. The highest BCUT2D eigenvalue weighted by Gasteiger charge is 2.32. The summed E-state index contributed by atoms with van der Waals surface area (Å²) in [6.45, 7) is 16.2. The Kier molecular flexibility index (Phi) is 10.8. The lowest BCUT2D eigenvalue weighted by Crippen LogP contribution is -2.30. The van der Waals surface area contributed by atoms with E-state index < -0.39 is 0 Å². The highest BCUT2D eigenvalue weighted by atomic mass is 15.1. The Labute approximate surface area is 307 Å². The molecule has 2 heteroatoms. The van der Waals surface area contributed by atoms with E-state index in [1.807, 2.05) is 0 Å². The maximum absolute atomic E-state index is 2.45. The van der Waals surface area contributed by atoms with Crippen molar-refractivity contribution in [1.29, 1.82) is 0 Å². The minimum absolute atomic E-state index is 0.111. The van der Waals surface area contributed by atoms with Gasteiger partial charge < -0.3 is 9.80 Å². The quantitative estimate of drug-likeness (QED) is 0.128. The van der Waals surface area contributed by atoms with Gasteiger partial charge in [0.1, 0.15) is 0 Å². The summed E-state index contributed by atoms with van der Waals surface area (Å²) in [5.74, 6) is 0.668. The summed E-state index contributed by atoms with van der Waals surface area (Å²) in [5.41, 5.74) is 12.3. The van der Waals surface area contributed by atoms with Gasteiger partial charge in [-0.3, -0.25) is 0 Å². The van der Waals surface area contributed by atoms with E-state index in [0.717, 1.165) is 34.9 Å². The van der Waals surface area contributed by atoms with Gasteiger partial charge in [-0.15, -0.1) is 0 Å². The van der Waals surface area contributed by atoms with Crippen LogP contribution >= 0.6 is 0 Å². The van der Waals surface area contributed by atoms with Crippen LogP contribution in [0.4, 0.5) is 34.1 Å². The molecule has 0 aliphatic heterocycles. The van der Waals surface area contributed by atoms with Gasteiger partial charge in [-0.05, 0) is 118 Å². The van der Waals surface area contributed by atoms with Crippen LogP contribution in [0, 0.1) is 5.92 Å². The second-order valence-electron chi connectivity index (χ2n) is 15.1. The van der Waals surface area contributed by atoms with Crippen molar-refractivity contribution >= 4 is 34.1 Å². The second-order valence-corrected chi connectivity index (χ2v) is 15.1. The zero-order valence-electron chi connectivity index (χ0n) is 31.6. The number of anilines is 6. The number of benzene rings is 6. The van der Waals surface area contributed by atoms with Crippen LogP contribution in [-0.4, -0.2) is 0 Å². The van der Waals surface area contributed by atoms with Crippen molar-refractivity contribution in [2.45, 2.75) is 78.6 Å². The van der Waals surface area contributed by atoms with Crippen LogP contribution in [0.25, 0.3) is 11.1 Å². The summed E-state index contributed by atoms with van der Waals surface area (Å²) < 4.78 is 0. The molecule has 0 radical (unpaired) electrons. The number of rotatable bonds is 12. The van der Waals surface area contributed by atoms with Gasteiger partial charge >= 0.3 is 0 Å². The van der Waals surface area contributed by atoms with E-state index in [0.29, 0.717) is 5.92 Å². The van der Waals surface area contributed by atoms with Crippen LogP contribution in [0.2, 0.25) is 0 Å². The molecule has 0 spiro atoms. The molecule has 0 aliphatic carbocycles. The molecule has 0 N–H and O–H groups in total. The third kappa shape index (κ3) is 7.66. The van der Waals surface area contributed by atoms with Gasteiger partial charge in [0, 0.05) is 34.1 Å². The Bertz CT molecular complexity index is 1950. The zero-order valence-corrected chi connectivity index (χ0v) is 31.6. The van der Waals surface area contributed by atoms with E-state index in [1.54, 1.807) is 0 Å². The van der Waals surface area contributed by atoms with E-state index in [-0.39, 0.29) is 10.8 Å². The molecule has 6 aromatic rings. The summed E-state index contributed by atoms with van der Waals surface area (Å²) in [7, 11) is 0. The highest BCUT2D eigenvalue weighted by molar-refractivity contribution is 5.80. The fraction of sp³-hybridized carbons (Fsp3) is 0.265. The van der Waals surface area contributed by atoms with Gasteiger partial charge in [0.05, 0.1) is 0 Å². The lowest BCUT2D eigenvalue weighted by Gasteiger charge is -2.37. The van der Waals surface area contributed by atoms with E-state index in [2.05, 4.69) is 216 Å². The van der Waals surface area contributed by atoms with E-state index >= 15 is 0 Å². The minimum Gasteiger partial charge on any atom is -0.311 e. The summed E-state index contributed by atoms with van der Waals surface area (Å²) in [5, 5.41) is 0. The summed E-state index contributed by atoms with van der Waals surface area (Å²) in [6, 6.07) is 57.6. The predicted octanol–water partition coefficient (Wildman–Crippen LogP) is 14.7. The molecule has 51 heavy (non-hydrogen) atoms. The molecule has 260 valence electrons. The Balaban J connectivity index is 1.29. The van der Waals surface area contributed by atoms with Crippen LogP contribution in [-0.2, 0) is 10.8 Å². The first-order valence-electron chi connectivity index (χ1n) is 18.8. The van der Waals surface area contributed by atoms with E-state index in [9.17, 15) is 0 Å². The van der Waals surface area contributed by atoms with E-state index in [1.165, 1.54) is 40.8 Å². The molecular formula is C49H54N2. The maximum Gasteiger partial charge on any atom is 0.0462 e. The first-order chi connectivity index (χ1) is 24.7. The standard InChI is InChI=1S/C49H54N2/c1-8-39(9-2)49(7,10-3)41-27-35-47(36-28-41)51(43-19-15-12-16-20-43)45-31-23-38(24-32-45)37-21-29-44(30-22-37)50(42-17-13-11-14-18-42)46-33-25-40(26-34-46)48(4,5)6/h11-36,39H,8-10H2,1-7H3. The van der Waals surface area contributed by atoms with Crippen molar-refractivity contribution in [3.63, 3.8) is 0 Å². The number of hydrogen-bond donors (Lipinski definition) is 0. The van der Waals surface area contributed by atoms with E-state index in [4.69, 9.17) is 0 Å². The van der Waals surface area contributed by atoms with Crippen LogP contribution < -0.4 is 9.80 Å². The number of nitrogens with zero attached hydrogens (tertiary/aromatic N) is 2. The Hall–Kier alpha value is -5.08. The van der Waals surface area contributed by atoms with Crippen LogP contribution in [0.3, 0.4) is 0 Å². The molecule has 1 atom stereocenters. The van der Waals surface area contributed by atoms with Gasteiger partial charge in [0.2, 0.25) is 0 Å². The van der Waals surface area contributed by atoms with Crippen molar-refractivity contribution in [3.8, 4) is 11.1 Å². The molecule has 1 unspecified atom stereocenters. The number of hydrogen-bond acceptors (Lipinski definition) is 2. The third-order valence-corrected chi connectivity index (χ3v) is 11.0. The van der Waals surface area contributed by atoms with Crippen molar-refractivity contribution in [2.75, 3.05) is 9.80 Å². The first-order valence-corrected chi connectivity index (χ1v) is 18.8. The fourth-order valence-electron chi connectivity index (χ4n) is 7.67. The first kappa shape index (κ1) is 35.7. The SMILES string of the molecule is CCC(CC)C(C)(CC)c1ccc(N(c2ccccc2)c2ccc(-c3ccc(N(c4ccccc4)c4ccc(C(C)(C)C)cc4)cc3)cc2)cc1. The lowest BCUT2D eigenvalue weighted by atomic mass is 9.68. The van der Waals surface area contributed by atoms with Crippen LogP contribution in [0.15, 0.2) is 158 Å². The summed E-state index contributed by atoms with van der Waals surface area (Å²) in [6.07, 6.45) is 3.54. The number of para-hydroxylation sites is 2. The zero-order chi connectivity index (χ0) is 36.0. The molecule has 0 saturated carbocycles. The smallest absolute Gasteiger partial charge is 0.0462 e. The van der Waals surface area contributed by atoms with Crippen LogP contribution in [0.1, 0.15) is 78.9 Å². The van der Waals surface area contributed by atoms with Gasteiger partial charge in [0.15, 0.2) is 0 Å². The Morgan fingerprint density at radius 3 is 1.02 bits per heavy atom. The van der Waals surface area contributed by atoms with Crippen molar-refractivity contribution in [1.82, 2.24) is 0 Å². The highest BCUT2D eigenvalue weighted by Crippen LogP contribution is 2.42. The molecule has 0 saturated heterocycles. The van der Waals surface area contributed by atoms with Crippen molar-refractivity contribution in [2.24, 2.45) is 5.92 Å². The molecule has 6 rings (SSSR count). The average Bonchev–Trinajstić information content (AvgIpc) is 3.17. The molecule has 0 fully saturated rings. The van der Waals surface area contributed by atoms with Crippen molar-refractivity contribution in [3.05, 3.63) is 169 Å². The monoisotopic (exact) mass is 670 g/mol. The summed E-state index contributed by atoms with van der Waals surface area (Å²) in [4.78, 5) is 4.69. The average molecular weight is 671 g/mol. The van der Waals surface area contributed by atoms with Crippen molar-refractivity contribution < 1.29 is 0 Å². The minimum atomic E-state index is 0.111. The lowest BCUT2D eigenvalue weighted by molar-refractivity contribution is 0.265. The molecule has 2 nitrogen and oxygen atoms in total. The van der Waals surface area contributed by atoms with Crippen LogP contribution in [0.5, 0.6) is 0 Å². The molecule has 0 amide bonds. The Morgan fingerprint density at radius 2 is 0.706 bits per heavy atom. The second kappa shape index (κ2) is 15.4. The molecular weight excluding hydrogens is 617 g/mol. The summed E-state index contributed by atoms with van der Waals surface area (Å²) >= 11 is 0. The van der Waals surface area contributed by atoms with Gasteiger partial charge in [0.25, 0.3) is 0 Å². The maximum atomic E-state index is 2.45. The van der Waals surface area contributed by atoms with Gasteiger partial charge in [-0.1, -0.05) is 146 Å². The topological polar surface area (TPSA) is 6.48 Å². The molecule has 0 aromatic heterocycles. The van der Waals surface area contributed by atoms with Gasteiger partial charge in [-0.2, -0.15) is 0 Å². The predicted molar refractivity (Wildman–Crippen MR) is 222 cm³/mol. The molecule has 0 aliphatic rings. The van der Waals surface area contributed by atoms with Gasteiger partial charge in [-0.25, -0.2) is 0 Å². The Morgan fingerprint density at radius 1 is 0.392 bits per heavy atom.